The Morgan fingerprint density at radius 3 is 2.48 bits per heavy atom. The summed E-state index contributed by atoms with van der Waals surface area (Å²) in [6, 6.07) is 13.6. The number of nitrogens with one attached hydrogen (secondary N) is 1. The van der Waals surface area contributed by atoms with Crippen LogP contribution in [0.15, 0.2) is 57.6 Å². The second-order valence-electron chi connectivity index (χ2n) is 6.64. The van der Waals surface area contributed by atoms with Crippen LogP contribution in [0.3, 0.4) is 0 Å². The molecule has 1 N–H and O–H groups in total. The minimum atomic E-state index is -0.219. The Bertz CT molecular complexity index is 979. The van der Waals surface area contributed by atoms with Gasteiger partial charge in [0.15, 0.2) is 5.17 Å². The maximum Gasteiger partial charge on any atom is 0.264 e. The normalized spacial score (nSPS) is 16.8. The molecule has 29 heavy (non-hydrogen) atoms. The van der Waals surface area contributed by atoms with Gasteiger partial charge in [0.1, 0.15) is 11.5 Å². The van der Waals surface area contributed by atoms with Gasteiger partial charge >= 0.3 is 0 Å². The first-order valence-corrected chi connectivity index (χ1v) is 9.95. The van der Waals surface area contributed by atoms with Crippen molar-refractivity contribution in [2.45, 2.75) is 19.8 Å². The van der Waals surface area contributed by atoms with Crippen LogP contribution in [0.4, 0.5) is 0 Å². The molecule has 0 saturated carbocycles. The molecule has 1 aliphatic heterocycles. The molecule has 2 aromatic rings. The van der Waals surface area contributed by atoms with E-state index in [1.165, 1.54) is 17.3 Å². The highest BCUT2D eigenvalue weighted by Crippen LogP contribution is 2.31. The van der Waals surface area contributed by atoms with Crippen LogP contribution in [-0.2, 0) is 4.79 Å². The van der Waals surface area contributed by atoms with E-state index >= 15 is 0 Å². The Labute approximate surface area is 174 Å². The predicted octanol–water partition coefficient (Wildman–Crippen LogP) is 4.42. The zero-order valence-corrected chi connectivity index (χ0v) is 17.6. The van der Waals surface area contributed by atoms with Gasteiger partial charge in [-0.1, -0.05) is 38.1 Å². The van der Waals surface area contributed by atoms with E-state index in [0.29, 0.717) is 27.5 Å². The van der Waals surface area contributed by atoms with Crippen molar-refractivity contribution in [3.8, 4) is 11.5 Å². The third kappa shape index (κ3) is 5.26. The highest BCUT2D eigenvalue weighted by atomic mass is 32.2. The van der Waals surface area contributed by atoms with E-state index in [1.807, 2.05) is 24.3 Å². The van der Waals surface area contributed by atoms with Crippen molar-refractivity contribution in [2.24, 2.45) is 10.2 Å². The molecule has 0 aromatic heterocycles. The number of methoxy groups -OCH3 is 2. The lowest BCUT2D eigenvalue weighted by Gasteiger charge is -2.07. The van der Waals surface area contributed by atoms with E-state index < -0.39 is 0 Å². The lowest BCUT2D eigenvalue weighted by atomic mass is 10.0. The predicted molar refractivity (Wildman–Crippen MR) is 119 cm³/mol. The standard InChI is InChI=1S/C22H23N3O3S/c1-14(2)16-7-5-15(6-8-16)13-23-25-22-24-21(26)20(29-22)11-17-9-10-18(27-3)12-19(17)28-4/h5-14H,1-4H3,(H,24,25,26). The molecule has 2 aromatic carbocycles. The molecule has 3 rings (SSSR count). The number of hydrogen-bond donors (Lipinski definition) is 1. The van der Waals surface area contributed by atoms with Crippen molar-refractivity contribution < 1.29 is 14.3 Å². The molecule has 150 valence electrons. The van der Waals surface area contributed by atoms with E-state index in [2.05, 4.69) is 41.5 Å². The van der Waals surface area contributed by atoms with Crippen molar-refractivity contribution in [3.05, 3.63) is 64.1 Å². The first-order valence-electron chi connectivity index (χ1n) is 9.14. The molecule has 0 bridgehead atoms. The molecule has 0 atom stereocenters. The van der Waals surface area contributed by atoms with Crippen LogP contribution in [0.25, 0.3) is 6.08 Å². The molecule has 7 heteroatoms. The van der Waals surface area contributed by atoms with Crippen molar-refractivity contribution >= 4 is 35.1 Å². The Kier molecular flexibility index (Phi) is 6.72. The average molecular weight is 410 g/mol. The Morgan fingerprint density at radius 1 is 1.07 bits per heavy atom. The maximum absolute atomic E-state index is 12.2. The summed E-state index contributed by atoms with van der Waals surface area (Å²) >= 11 is 1.23. The fourth-order valence-electron chi connectivity index (χ4n) is 2.67. The monoisotopic (exact) mass is 409 g/mol. The highest BCUT2D eigenvalue weighted by molar-refractivity contribution is 8.18. The van der Waals surface area contributed by atoms with Crippen LogP contribution >= 0.6 is 11.8 Å². The number of carbonyl (C=O) groups is 1. The van der Waals surface area contributed by atoms with Crippen LogP contribution in [0, 0.1) is 0 Å². The maximum atomic E-state index is 12.2. The highest BCUT2D eigenvalue weighted by Gasteiger charge is 2.24. The largest absolute Gasteiger partial charge is 0.497 e. The molecule has 0 unspecified atom stereocenters. The number of amidine groups is 1. The summed E-state index contributed by atoms with van der Waals surface area (Å²) in [4.78, 5) is 12.8. The fraction of sp³-hybridized carbons (Fsp3) is 0.227. The van der Waals surface area contributed by atoms with Gasteiger partial charge in [0.2, 0.25) is 0 Å². The third-order valence-electron chi connectivity index (χ3n) is 4.34. The summed E-state index contributed by atoms with van der Waals surface area (Å²) in [7, 11) is 3.17. The van der Waals surface area contributed by atoms with Gasteiger partial charge in [0.05, 0.1) is 25.3 Å². The third-order valence-corrected chi connectivity index (χ3v) is 5.24. The summed E-state index contributed by atoms with van der Waals surface area (Å²) < 4.78 is 10.6. The van der Waals surface area contributed by atoms with Gasteiger partial charge in [-0.2, -0.15) is 5.10 Å². The lowest BCUT2D eigenvalue weighted by molar-refractivity contribution is -0.115. The number of ether oxygens (including phenoxy) is 2. The van der Waals surface area contributed by atoms with Crippen LogP contribution in [-0.4, -0.2) is 31.5 Å². The molecule has 1 heterocycles. The van der Waals surface area contributed by atoms with Gasteiger partial charge < -0.3 is 9.47 Å². The lowest BCUT2D eigenvalue weighted by Crippen LogP contribution is -2.19. The summed E-state index contributed by atoms with van der Waals surface area (Å²) in [5, 5.41) is 11.4. The molecule has 1 amide bonds. The first kappa shape index (κ1) is 20.7. The van der Waals surface area contributed by atoms with Gasteiger partial charge in [0.25, 0.3) is 5.91 Å². The van der Waals surface area contributed by atoms with Crippen molar-refractivity contribution in [1.82, 2.24) is 5.32 Å². The van der Waals surface area contributed by atoms with Gasteiger partial charge in [0, 0.05) is 11.6 Å². The van der Waals surface area contributed by atoms with E-state index in [0.717, 1.165) is 11.1 Å². The van der Waals surface area contributed by atoms with E-state index in [4.69, 9.17) is 9.47 Å². The zero-order valence-electron chi connectivity index (χ0n) is 16.8. The number of nitrogens with zero attached hydrogens (tertiary/aromatic N) is 2. The topological polar surface area (TPSA) is 72.3 Å². The number of hydrogen-bond acceptors (Lipinski definition) is 6. The number of benzene rings is 2. The van der Waals surface area contributed by atoms with Crippen LogP contribution in [0.2, 0.25) is 0 Å². The quantitative estimate of drug-likeness (QED) is 0.435. The van der Waals surface area contributed by atoms with Crippen LogP contribution in [0.1, 0.15) is 36.5 Å². The number of amides is 1. The number of rotatable bonds is 6. The van der Waals surface area contributed by atoms with Crippen molar-refractivity contribution in [1.29, 1.82) is 0 Å². The summed E-state index contributed by atoms with van der Waals surface area (Å²) in [5.74, 6) is 1.58. The molecule has 1 fully saturated rings. The van der Waals surface area contributed by atoms with Gasteiger partial charge in [-0.25, -0.2) is 0 Å². The van der Waals surface area contributed by atoms with E-state index in [1.54, 1.807) is 32.6 Å². The van der Waals surface area contributed by atoms with Gasteiger partial charge in [-0.05, 0) is 47.0 Å². The summed E-state index contributed by atoms with van der Waals surface area (Å²) in [6.07, 6.45) is 3.42. The molecular weight excluding hydrogens is 386 g/mol. The molecule has 0 aliphatic carbocycles. The minimum absolute atomic E-state index is 0.219. The van der Waals surface area contributed by atoms with Gasteiger partial charge in [-0.15, -0.1) is 5.10 Å². The second-order valence-corrected chi connectivity index (χ2v) is 7.67. The molecule has 6 nitrogen and oxygen atoms in total. The Morgan fingerprint density at radius 2 is 1.83 bits per heavy atom. The Hall–Kier alpha value is -3.06. The molecule has 0 spiro atoms. The second kappa shape index (κ2) is 9.43. The number of thioether (sulfide) groups is 1. The smallest absolute Gasteiger partial charge is 0.264 e. The fourth-order valence-corrected chi connectivity index (χ4v) is 3.44. The van der Waals surface area contributed by atoms with Crippen molar-refractivity contribution in [2.75, 3.05) is 14.2 Å². The molecule has 0 radical (unpaired) electrons. The summed E-state index contributed by atoms with van der Waals surface area (Å²) in [5.41, 5.74) is 3.00. The SMILES string of the molecule is COc1ccc(C=C2S/C(=N/N=Cc3ccc(C(C)C)cc3)NC2=O)c(OC)c1. The average Bonchev–Trinajstić information content (AvgIpc) is 3.07. The van der Waals surface area contributed by atoms with E-state index in [-0.39, 0.29) is 5.91 Å². The van der Waals surface area contributed by atoms with Crippen molar-refractivity contribution in [3.63, 3.8) is 0 Å². The van der Waals surface area contributed by atoms with E-state index in [9.17, 15) is 4.79 Å². The minimum Gasteiger partial charge on any atom is -0.497 e. The molecule has 1 saturated heterocycles. The zero-order chi connectivity index (χ0) is 20.8. The van der Waals surface area contributed by atoms with Gasteiger partial charge in [-0.3, -0.25) is 10.1 Å². The van der Waals surface area contributed by atoms with Crippen LogP contribution < -0.4 is 14.8 Å². The first-order chi connectivity index (χ1) is 14.0. The Balaban J connectivity index is 1.72. The van der Waals surface area contributed by atoms with Crippen LogP contribution in [0.5, 0.6) is 11.5 Å². The summed E-state index contributed by atoms with van der Waals surface area (Å²) in [6.45, 7) is 4.31. The molecular formula is C22H23N3O3S. The molecule has 1 aliphatic rings. The number of carbonyl (C=O) groups excluding carboxylic acids is 1.